The monoisotopic (exact) mass is 311 g/mol. The minimum atomic E-state index is -0.241. The van der Waals surface area contributed by atoms with E-state index in [9.17, 15) is 9.59 Å². The lowest BCUT2D eigenvalue weighted by Crippen LogP contribution is -2.41. The van der Waals surface area contributed by atoms with Gasteiger partial charge >= 0.3 is 0 Å². The molecular formula is C18H21N3O2. The van der Waals surface area contributed by atoms with Gasteiger partial charge in [-0.2, -0.15) is 0 Å². The summed E-state index contributed by atoms with van der Waals surface area (Å²) in [5.74, 6) is 0.349. The van der Waals surface area contributed by atoms with Gasteiger partial charge in [-0.15, -0.1) is 0 Å². The van der Waals surface area contributed by atoms with Crippen molar-refractivity contribution in [2.24, 2.45) is 5.92 Å². The van der Waals surface area contributed by atoms with Gasteiger partial charge < -0.3 is 9.88 Å². The Labute approximate surface area is 135 Å². The summed E-state index contributed by atoms with van der Waals surface area (Å²) in [5, 5.41) is 0. The molecule has 0 saturated carbocycles. The van der Waals surface area contributed by atoms with E-state index in [1.54, 1.807) is 12.1 Å². The molecule has 1 aliphatic rings. The Kier molecular flexibility index (Phi) is 4.55. The summed E-state index contributed by atoms with van der Waals surface area (Å²) in [7, 11) is 0. The van der Waals surface area contributed by atoms with Gasteiger partial charge in [-0.05, 0) is 49.8 Å². The molecule has 3 rings (SSSR count). The van der Waals surface area contributed by atoms with Gasteiger partial charge in [0.15, 0.2) is 0 Å². The van der Waals surface area contributed by atoms with Crippen LogP contribution in [0.25, 0.3) is 0 Å². The Hall–Kier alpha value is -2.43. The maximum absolute atomic E-state index is 12.5. The Morgan fingerprint density at radius 1 is 1.35 bits per heavy atom. The Morgan fingerprint density at radius 2 is 2.22 bits per heavy atom. The maximum Gasteiger partial charge on any atom is 0.270 e. The van der Waals surface area contributed by atoms with E-state index in [2.05, 4.69) is 16.0 Å². The highest BCUT2D eigenvalue weighted by atomic mass is 16.2. The van der Waals surface area contributed by atoms with Crippen LogP contribution in [-0.4, -0.2) is 33.9 Å². The van der Waals surface area contributed by atoms with Crippen molar-refractivity contribution in [1.29, 1.82) is 0 Å². The van der Waals surface area contributed by atoms with E-state index in [0.717, 1.165) is 38.0 Å². The average molecular weight is 311 g/mol. The van der Waals surface area contributed by atoms with Gasteiger partial charge in [0.2, 0.25) is 5.56 Å². The lowest BCUT2D eigenvalue weighted by atomic mass is 9.91. The van der Waals surface area contributed by atoms with Crippen LogP contribution in [0.4, 0.5) is 0 Å². The predicted octanol–water partition coefficient (Wildman–Crippen LogP) is 2.17. The molecule has 23 heavy (non-hydrogen) atoms. The maximum atomic E-state index is 12.5. The summed E-state index contributed by atoms with van der Waals surface area (Å²) in [4.78, 5) is 32.7. The van der Waals surface area contributed by atoms with E-state index >= 15 is 0 Å². The molecule has 0 spiro atoms. The molecule has 2 aromatic heterocycles. The van der Waals surface area contributed by atoms with Gasteiger partial charge in [-0.3, -0.25) is 14.6 Å². The molecule has 2 aromatic rings. The zero-order chi connectivity index (χ0) is 16.2. The van der Waals surface area contributed by atoms with Crippen molar-refractivity contribution in [3.63, 3.8) is 0 Å². The summed E-state index contributed by atoms with van der Waals surface area (Å²) in [5.41, 5.74) is 2.36. The van der Waals surface area contributed by atoms with Crippen LogP contribution in [0.5, 0.6) is 0 Å². The number of carbonyl (C=O) groups excluding carboxylic acids is 1. The number of nitrogens with one attached hydrogen (secondary N) is 1. The van der Waals surface area contributed by atoms with Crippen molar-refractivity contribution in [3.8, 4) is 0 Å². The molecule has 0 bridgehead atoms. The van der Waals surface area contributed by atoms with Gasteiger partial charge in [0.25, 0.3) is 5.91 Å². The highest BCUT2D eigenvalue weighted by Gasteiger charge is 2.25. The van der Waals surface area contributed by atoms with Crippen molar-refractivity contribution in [2.45, 2.75) is 26.2 Å². The number of pyridine rings is 2. The normalized spacial score (nSPS) is 18.0. The fraction of sp³-hybridized carbons (Fsp3) is 0.389. The smallest absolute Gasteiger partial charge is 0.270 e. The Bertz CT molecular complexity index is 736. The molecule has 5 heteroatoms. The molecule has 120 valence electrons. The van der Waals surface area contributed by atoms with Crippen LogP contribution in [0, 0.1) is 12.8 Å². The molecule has 0 aromatic carbocycles. The van der Waals surface area contributed by atoms with Crippen LogP contribution in [0.15, 0.2) is 41.3 Å². The molecule has 1 saturated heterocycles. The minimum Gasteiger partial charge on any atom is -0.337 e. The first-order valence-corrected chi connectivity index (χ1v) is 8.02. The third kappa shape index (κ3) is 3.86. The minimum absolute atomic E-state index is 0.0885. The number of amides is 1. The molecule has 1 amide bonds. The van der Waals surface area contributed by atoms with Gasteiger partial charge in [0, 0.05) is 31.0 Å². The summed E-state index contributed by atoms with van der Waals surface area (Å²) >= 11 is 0. The first-order chi connectivity index (χ1) is 11.1. The van der Waals surface area contributed by atoms with Crippen molar-refractivity contribution in [3.05, 3.63) is 63.8 Å². The number of aromatic amines is 1. The topological polar surface area (TPSA) is 66.1 Å². The first-order valence-electron chi connectivity index (χ1n) is 8.02. The lowest BCUT2D eigenvalue weighted by Gasteiger charge is -2.32. The second-order valence-corrected chi connectivity index (χ2v) is 6.20. The number of rotatable bonds is 3. The third-order valence-corrected chi connectivity index (χ3v) is 4.30. The Balaban J connectivity index is 1.67. The highest BCUT2D eigenvalue weighted by Crippen LogP contribution is 2.21. The molecule has 0 radical (unpaired) electrons. The standard InChI is InChI=1S/C18H21N3O2/c1-13-7-8-14(11-19-13)10-15-4-3-9-21(12-15)18(23)16-5-2-6-17(22)20-16/h2,5-8,11,15H,3-4,9-10,12H2,1H3,(H,20,22). The molecule has 1 N–H and O–H groups in total. The average Bonchev–Trinajstić information content (AvgIpc) is 2.56. The van der Waals surface area contributed by atoms with E-state index < -0.39 is 0 Å². The number of hydrogen-bond donors (Lipinski definition) is 1. The number of likely N-dealkylation sites (tertiary alicyclic amines) is 1. The predicted molar refractivity (Wildman–Crippen MR) is 88.4 cm³/mol. The number of hydrogen-bond acceptors (Lipinski definition) is 3. The second-order valence-electron chi connectivity index (χ2n) is 6.20. The molecule has 1 fully saturated rings. The largest absolute Gasteiger partial charge is 0.337 e. The zero-order valence-electron chi connectivity index (χ0n) is 13.3. The van der Waals surface area contributed by atoms with Gasteiger partial charge in [0.1, 0.15) is 5.69 Å². The SMILES string of the molecule is Cc1ccc(CC2CCCN(C(=O)c3cccc(=O)[nH]3)C2)cn1. The summed E-state index contributed by atoms with van der Waals surface area (Å²) in [6, 6.07) is 8.83. The molecule has 3 heterocycles. The molecule has 1 atom stereocenters. The number of nitrogens with zero attached hydrogens (tertiary/aromatic N) is 2. The van der Waals surface area contributed by atoms with Gasteiger partial charge in [0.05, 0.1) is 0 Å². The number of H-pyrrole nitrogens is 1. The van der Waals surface area contributed by atoms with Gasteiger partial charge in [-0.25, -0.2) is 0 Å². The molecular weight excluding hydrogens is 290 g/mol. The quantitative estimate of drug-likeness (QED) is 0.945. The van der Waals surface area contributed by atoms with Crippen LogP contribution in [-0.2, 0) is 6.42 Å². The van der Waals surface area contributed by atoms with E-state index in [-0.39, 0.29) is 11.5 Å². The fourth-order valence-electron chi connectivity index (χ4n) is 3.11. The number of aromatic nitrogens is 2. The third-order valence-electron chi connectivity index (χ3n) is 4.30. The van der Waals surface area contributed by atoms with Crippen molar-refractivity contribution in [1.82, 2.24) is 14.9 Å². The lowest BCUT2D eigenvalue weighted by molar-refractivity contribution is 0.0667. The van der Waals surface area contributed by atoms with Crippen LogP contribution in [0.2, 0.25) is 0 Å². The number of piperidine rings is 1. The second kappa shape index (κ2) is 6.77. The first kappa shape index (κ1) is 15.5. The summed E-state index contributed by atoms with van der Waals surface area (Å²) < 4.78 is 0. The summed E-state index contributed by atoms with van der Waals surface area (Å²) in [6.07, 6.45) is 4.96. The van der Waals surface area contributed by atoms with Gasteiger partial charge in [-0.1, -0.05) is 12.1 Å². The van der Waals surface area contributed by atoms with E-state index in [1.165, 1.54) is 11.6 Å². The highest BCUT2D eigenvalue weighted by molar-refractivity contribution is 5.92. The molecule has 1 unspecified atom stereocenters. The van der Waals surface area contributed by atoms with Crippen LogP contribution in [0.3, 0.4) is 0 Å². The fourth-order valence-corrected chi connectivity index (χ4v) is 3.11. The van der Waals surface area contributed by atoms with Crippen molar-refractivity contribution in [2.75, 3.05) is 13.1 Å². The molecule has 0 aliphatic carbocycles. The number of aryl methyl sites for hydroxylation is 1. The van der Waals surface area contributed by atoms with E-state index in [4.69, 9.17) is 0 Å². The van der Waals surface area contributed by atoms with Crippen LogP contribution < -0.4 is 5.56 Å². The Morgan fingerprint density at radius 3 is 2.96 bits per heavy atom. The zero-order valence-corrected chi connectivity index (χ0v) is 13.3. The summed E-state index contributed by atoms with van der Waals surface area (Å²) in [6.45, 7) is 3.45. The molecule has 1 aliphatic heterocycles. The van der Waals surface area contributed by atoms with Crippen molar-refractivity contribution >= 4 is 5.91 Å². The molecule has 5 nitrogen and oxygen atoms in total. The number of carbonyl (C=O) groups is 1. The van der Waals surface area contributed by atoms with Crippen LogP contribution in [0.1, 0.15) is 34.6 Å². The van der Waals surface area contributed by atoms with Crippen molar-refractivity contribution < 1.29 is 4.79 Å². The van der Waals surface area contributed by atoms with Crippen LogP contribution >= 0.6 is 0 Å². The van der Waals surface area contributed by atoms with E-state index in [1.807, 2.05) is 24.1 Å². The van der Waals surface area contributed by atoms with E-state index in [0.29, 0.717) is 11.6 Å².